The molecular weight excluding hydrogens is 392 g/mol. The average Bonchev–Trinajstić information content (AvgIpc) is 3.05. The van der Waals surface area contributed by atoms with Crippen LogP contribution >= 0.6 is 11.8 Å². The Morgan fingerprint density at radius 1 is 0.900 bits per heavy atom. The minimum Gasteiger partial charge on any atom is -0.490 e. The summed E-state index contributed by atoms with van der Waals surface area (Å²) in [5.41, 5.74) is 2.47. The van der Waals surface area contributed by atoms with Gasteiger partial charge in [0.1, 0.15) is 5.75 Å². The normalized spacial score (nSPS) is 16.6. The number of amidine groups is 1. The van der Waals surface area contributed by atoms with Crippen LogP contribution in [0.5, 0.6) is 5.75 Å². The van der Waals surface area contributed by atoms with E-state index in [0.717, 1.165) is 22.7 Å². The van der Waals surface area contributed by atoms with Crippen LogP contribution in [0, 0.1) is 0 Å². The van der Waals surface area contributed by atoms with Crippen LogP contribution in [0.4, 0.5) is 11.4 Å². The van der Waals surface area contributed by atoms with Gasteiger partial charge in [-0.25, -0.2) is 4.99 Å². The molecular formula is C25H22N2O2S. The van der Waals surface area contributed by atoms with Crippen LogP contribution in [0.2, 0.25) is 0 Å². The molecule has 3 aromatic carbocycles. The topological polar surface area (TPSA) is 41.9 Å². The van der Waals surface area contributed by atoms with E-state index >= 15 is 0 Å². The highest BCUT2D eigenvalue weighted by atomic mass is 32.2. The zero-order valence-corrected chi connectivity index (χ0v) is 17.7. The molecule has 0 aliphatic carbocycles. The van der Waals surface area contributed by atoms with Gasteiger partial charge in [-0.3, -0.25) is 9.69 Å². The Morgan fingerprint density at radius 3 is 2.23 bits per heavy atom. The number of para-hydroxylation sites is 3. The van der Waals surface area contributed by atoms with Crippen molar-refractivity contribution in [2.75, 3.05) is 4.90 Å². The van der Waals surface area contributed by atoms with Gasteiger partial charge in [0, 0.05) is 5.56 Å². The number of benzene rings is 3. The van der Waals surface area contributed by atoms with E-state index in [1.807, 2.05) is 105 Å². The molecule has 4 nitrogen and oxygen atoms in total. The van der Waals surface area contributed by atoms with E-state index in [1.54, 1.807) is 4.90 Å². The van der Waals surface area contributed by atoms with E-state index in [2.05, 4.69) is 0 Å². The molecule has 0 unspecified atom stereocenters. The summed E-state index contributed by atoms with van der Waals surface area (Å²) in [6, 6.07) is 27.0. The summed E-state index contributed by atoms with van der Waals surface area (Å²) >= 11 is 1.37. The predicted molar refractivity (Wildman–Crippen MR) is 125 cm³/mol. The third-order valence-electron chi connectivity index (χ3n) is 4.37. The number of rotatable bonds is 5. The quantitative estimate of drug-likeness (QED) is 0.461. The zero-order chi connectivity index (χ0) is 20.9. The van der Waals surface area contributed by atoms with Crippen LogP contribution in [-0.4, -0.2) is 17.2 Å². The van der Waals surface area contributed by atoms with E-state index in [1.165, 1.54) is 11.8 Å². The van der Waals surface area contributed by atoms with Gasteiger partial charge in [0.25, 0.3) is 5.91 Å². The van der Waals surface area contributed by atoms with Crippen LogP contribution in [0.15, 0.2) is 94.8 Å². The van der Waals surface area contributed by atoms with Gasteiger partial charge in [-0.05, 0) is 62.0 Å². The summed E-state index contributed by atoms with van der Waals surface area (Å²) in [5, 5.41) is 0.630. The lowest BCUT2D eigenvalue weighted by atomic mass is 10.1. The molecule has 5 heteroatoms. The fourth-order valence-corrected chi connectivity index (χ4v) is 4.06. The second-order valence-electron chi connectivity index (χ2n) is 7.02. The van der Waals surface area contributed by atoms with Gasteiger partial charge >= 0.3 is 0 Å². The molecule has 30 heavy (non-hydrogen) atoms. The molecule has 0 spiro atoms. The van der Waals surface area contributed by atoms with E-state index in [0.29, 0.717) is 10.1 Å². The lowest BCUT2D eigenvalue weighted by Crippen LogP contribution is -2.28. The minimum atomic E-state index is -0.0970. The molecule has 1 aliphatic rings. The van der Waals surface area contributed by atoms with Crippen LogP contribution < -0.4 is 9.64 Å². The second-order valence-corrected chi connectivity index (χ2v) is 8.03. The molecule has 1 fully saturated rings. The van der Waals surface area contributed by atoms with E-state index in [4.69, 9.17) is 9.73 Å². The van der Waals surface area contributed by atoms with Crippen molar-refractivity contribution in [3.05, 3.63) is 95.4 Å². The van der Waals surface area contributed by atoms with E-state index < -0.39 is 0 Å². The number of carbonyl (C=O) groups excluding carboxylic acids is 1. The van der Waals surface area contributed by atoms with Gasteiger partial charge in [0.05, 0.1) is 22.4 Å². The van der Waals surface area contributed by atoms with Crippen molar-refractivity contribution >= 4 is 40.3 Å². The van der Waals surface area contributed by atoms with Crippen molar-refractivity contribution in [2.24, 2.45) is 4.99 Å². The molecule has 1 saturated heterocycles. The molecule has 0 saturated carbocycles. The molecule has 0 bridgehead atoms. The Kier molecular flexibility index (Phi) is 6.00. The predicted octanol–water partition coefficient (Wildman–Crippen LogP) is 6.28. The summed E-state index contributed by atoms with van der Waals surface area (Å²) in [5.74, 6) is 0.661. The van der Waals surface area contributed by atoms with Gasteiger partial charge in [0.15, 0.2) is 5.17 Å². The number of carbonyl (C=O) groups is 1. The van der Waals surface area contributed by atoms with Gasteiger partial charge in [-0.1, -0.05) is 54.6 Å². The molecule has 3 aromatic rings. The first kappa shape index (κ1) is 20.0. The number of hydrogen-bond acceptors (Lipinski definition) is 4. The Labute approximate surface area is 180 Å². The first-order valence-electron chi connectivity index (χ1n) is 9.80. The molecule has 0 radical (unpaired) electrons. The summed E-state index contributed by atoms with van der Waals surface area (Å²) in [7, 11) is 0. The van der Waals surface area contributed by atoms with Crippen LogP contribution in [0.3, 0.4) is 0 Å². The third-order valence-corrected chi connectivity index (χ3v) is 5.34. The monoisotopic (exact) mass is 414 g/mol. The van der Waals surface area contributed by atoms with Crippen LogP contribution in [-0.2, 0) is 4.79 Å². The number of anilines is 1. The zero-order valence-electron chi connectivity index (χ0n) is 16.9. The van der Waals surface area contributed by atoms with Gasteiger partial charge in [-0.2, -0.15) is 0 Å². The Morgan fingerprint density at radius 2 is 1.53 bits per heavy atom. The smallest absolute Gasteiger partial charge is 0.271 e. The second kappa shape index (κ2) is 9.01. The largest absolute Gasteiger partial charge is 0.490 e. The molecule has 150 valence electrons. The maximum Gasteiger partial charge on any atom is 0.271 e. The Balaban J connectivity index is 1.76. The van der Waals surface area contributed by atoms with E-state index in [-0.39, 0.29) is 12.0 Å². The SMILES string of the molecule is CC(C)Oc1ccccc1/C=C1/SC(=Nc2ccccc2)N(c2ccccc2)C1=O. The summed E-state index contributed by atoms with van der Waals surface area (Å²) < 4.78 is 5.92. The summed E-state index contributed by atoms with van der Waals surface area (Å²) in [4.78, 5) is 20.4. The van der Waals surface area contributed by atoms with Gasteiger partial charge < -0.3 is 4.74 Å². The van der Waals surface area contributed by atoms with Crippen molar-refractivity contribution < 1.29 is 9.53 Å². The van der Waals surface area contributed by atoms with Gasteiger partial charge in [0.2, 0.25) is 0 Å². The number of thioether (sulfide) groups is 1. The third kappa shape index (κ3) is 4.47. The highest BCUT2D eigenvalue weighted by molar-refractivity contribution is 8.19. The Hall–Kier alpha value is -3.31. The van der Waals surface area contributed by atoms with Gasteiger partial charge in [-0.15, -0.1) is 0 Å². The first-order chi connectivity index (χ1) is 14.6. The molecule has 0 atom stereocenters. The van der Waals surface area contributed by atoms with Crippen molar-refractivity contribution in [3.63, 3.8) is 0 Å². The van der Waals surface area contributed by atoms with Crippen molar-refractivity contribution in [2.45, 2.75) is 20.0 Å². The summed E-state index contributed by atoms with van der Waals surface area (Å²) in [6.07, 6.45) is 1.93. The highest BCUT2D eigenvalue weighted by Crippen LogP contribution is 2.38. The highest BCUT2D eigenvalue weighted by Gasteiger charge is 2.34. The number of hydrogen-bond donors (Lipinski definition) is 0. The standard InChI is InChI=1S/C25H22N2O2S/c1-18(2)29-22-16-10-9-11-19(22)17-23-24(28)27(21-14-7-4-8-15-21)25(30-23)26-20-12-5-3-6-13-20/h3-18H,1-2H3/b23-17+,26-25?. The van der Waals surface area contributed by atoms with E-state index in [9.17, 15) is 4.79 Å². The maximum atomic E-state index is 13.4. The average molecular weight is 415 g/mol. The lowest BCUT2D eigenvalue weighted by Gasteiger charge is -2.15. The van der Waals surface area contributed by atoms with Crippen molar-refractivity contribution in [3.8, 4) is 5.75 Å². The minimum absolute atomic E-state index is 0.0486. The number of amides is 1. The number of aliphatic imine (C=N–C) groups is 1. The number of nitrogens with zero attached hydrogens (tertiary/aromatic N) is 2. The fraction of sp³-hybridized carbons (Fsp3) is 0.120. The molecule has 0 N–H and O–H groups in total. The fourth-order valence-electron chi connectivity index (χ4n) is 3.07. The molecule has 4 rings (SSSR count). The van der Waals surface area contributed by atoms with Crippen LogP contribution in [0.25, 0.3) is 6.08 Å². The molecule has 1 aliphatic heterocycles. The first-order valence-corrected chi connectivity index (χ1v) is 10.6. The Bertz CT molecular complexity index is 1090. The molecule has 1 amide bonds. The number of ether oxygens (including phenoxy) is 1. The van der Waals surface area contributed by atoms with Crippen molar-refractivity contribution in [1.29, 1.82) is 0 Å². The summed E-state index contributed by atoms with van der Waals surface area (Å²) in [6.45, 7) is 3.97. The molecule has 0 aromatic heterocycles. The van der Waals surface area contributed by atoms with Crippen molar-refractivity contribution in [1.82, 2.24) is 0 Å². The van der Waals surface area contributed by atoms with Crippen LogP contribution in [0.1, 0.15) is 19.4 Å². The maximum absolute atomic E-state index is 13.4. The lowest BCUT2D eigenvalue weighted by molar-refractivity contribution is -0.113. The molecule has 1 heterocycles.